The molecule has 0 aromatic heterocycles. The maximum Gasteiger partial charge on any atom is 0.0506 e. The lowest BCUT2D eigenvalue weighted by Gasteiger charge is -2.24. The van der Waals surface area contributed by atoms with E-state index in [9.17, 15) is 0 Å². The van der Waals surface area contributed by atoms with Gasteiger partial charge in [0, 0.05) is 24.2 Å². The minimum Gasteiger partial charge on any atom is -0.381 e. The fraction of sp³-hybridized carbons (Fsp3) is 0.571. The second-order valence-corrected chi connectivity index (χ2v) is 5.14. The van der Waals surface area contributed by atoms with E-state index < -0.39 is 0 Å². The Balaban J connectivity index is 1.84. The van der Waals surface area contributed by atoms with Crippen molar-refractivity contribution < 1.29 is 4.74 Å². The van der Waals surface area contributed by atoms with E-state index in [1.54, 1.807) is 0 Å². The Hall–Kier alpha value is -0.570. The Morgan fingerprint density at radius 2 is 2.29 bits per heavy atom. The zero-order valence-electron chi connectivity index (χ0n) is 10.3. The molecule has 0 aliphatic carbocycles. The molecular weight excluding hydrogens is 234 g/mol. The van der Waals surface area contributed by atoms with Gasteiger partial charge < -0.3 is 10.1 Å². The highest BCUT2D eigenvalue weighted by Gasteiger charge is 2.15. The zero-order valence-corrected chi connectivity index (χ0v) is 11.0. The summed E-state index contributed by atoms with van der Waals surface area (Å²) in [6, 6.07) is 8.32. The second kappa shape index (κ2) is 6.39. The zero-order chi connectivity index (χ0) is 12.1. The molecule has 1 unspecified atom stereocenters. The van der Waals surface area contributed by atoms with Gasteiger partial charge in [-0.05, 0) is 37.3 Å². The number of ether oxygens (including phenoxy) is 1. The van der Waals surface area contributed by atoms with Crippen molar-refractivity contribution in [2.45, 2.75) is 25.8 Å². The van der Waals surface area contributed by atoms with Crippen LogP contribution in [0.3, 0.4) is 0 Å². The summed E-state index contributed by atoms with van der Waals surface area (Å²) in [6.45, 7) is 4.98. The summed E-state index contributed by atoms with van der Waals surface area (Å²) in [4.78, 5) is 0. The van der Waals surface area contributed by atoms with Crippen LogP contribution in [0, 0.1) is 5.92 Å². The van der Waals surface area contributed by atoms with E-state index in [1.165, 1.54) is 18.4 Å². The largest absolute Gasteiger partial charge is 0.381 e. The molecule has 2 rings (SSSR count). The maximum atomic E-state index is 6.18. The van der Waals surface area contributed by atoms with Crippen molar-refractivity contribution in [1.82, 2.24) is 5.32 Å². The third-order valence-electron chi connectivity index (χ3n) is 3.34. The molecule has 1 saturated heterocycles. The molecule has 1 aliphatic rings. The molecule has 1 N–H and O–H groups in total. The summed E-state index contributed by atoms with van der Waals surface area (Å²) < 4.78 is 5.48. The van der Waals surface area contributed by atoms with Gasteiger partial charge >= 0.3 is 0 Å². The maximum absolute atomic E-state index is 6.18. The van der Waals surface area contributed by atoms with Gasteiger partial charge in [0.1, 0.15) is 0 Å². The normalized spacial score (nSPS) is 22.4. The van der Waals surface area contributed by atoms with Gasteiger partial charge in [0.15, 0.2) is 0 Å². The molecule has 2 atom stereocenters. The van der Waals surface area contributed by atoms with Crippen molar-refractivity contribution in [2.75, 3.05) is 19.8 Å². The molecular formula is C14H20ClNO. The average Bonchev–Trinajstić information content (AvgIpc) is 2.38. The van der Waals surface area contributed by atoms with E-state index in [4.69, 9.17) is 16.3 Å². The highest BCUT2D eigenvalue weighted by Crippen LogP contribution is 2.22. The Morgan fingerprint density at radius 1 is 1.47 bits per heavy atom. The molecule has 0 amide bonds. The molecule has 1 aromatic rings. The van der Waals surface area contributed by atoms with Gasteiger partial charge in [-0.2, -0.15) is 0 Å². The van der Waals surface area contributed by atoms with Crippen molar-refractivity contribution in [3.8, 4) is 0 Å². The van der Waals surface area contributed by atoms with E-state index in [0.29, 0.717) is 12.0 Å². The van der Waals surface area contributed by atoms with Gasteiger partial charge in [0.05, 0.1) is 6.61 Å². The minimum absolute atomic E-state index is 0.297. The highest BCUT2D eigenvalue weighted by molar-refractivity contribution is 6.31. The van der Waals surface area contributed by atoms with Gasteiger partial charge in [-0.1, -0.05) is 29.8 Å². The topological polar surface area (TPSA) is 21.3 Å². The number of benzene rings is 1. The predicted molar refractivity (Wildman–Crippen MR) is 71.4 cm³/mol. The van der Waals surface area contributed by atoms with E-state index in [-0.39, 0.29) is 0 Å². The summed E-state index contributed by atoms with van der Waals surface area (Å²) in [5.74, 6) is 0.647. The van der Waals surface area contributed by atoms with Crippen LogP contribution in [0.2, 0.25) is 5.02 Å². The van der Waals surface area contributed by atoms with E-state index in [2.05, 4.69) is 18.3 Å². The Morgan fingerprint density at radius 3 is 3.00 bits per heavy atom. The molecule has 0 bridgehead atoms. The number of hydrogen-bond donors (Lipinski definition) is 1. The molecule has 0 spiro atoms. The standard InChI is InChI=1S/C14H20ClNO/c1-11(13-6-2-3-7-14(13)15)16-9-12-5-4-8-17-10-12/h2-3,6-7,11-12,16H,4-5,8-10H2,1H3/t11-,12?/m0/s1. The quantitative estimate of drug-likeness (QED) is 0.888. The smallest absolute Gasteiger partial charge is 0.0506 e. The van der Waals surface area contributed by atoms with Crippen LogP contribution in [0.4, 0.5) is 0 Å². The first-order chi connectivity index (χ1) is 8.27. The van der Waals surface area contributed by atoms with Crippen LogP contribution in [0.1, 0.15) is 31.4 Å². The predicted octanol–water partition coefficient (Wildman–Crippen LogP) is 3.42. The number of hydrogen-bond acceptors (Lipinski definition) is 2. The van der Waals surface area contributed by atoms with Crippen LogP contribution >= 0.6 is 11.6 Å². The molecule has 1 heterocycles. The van der Waals surface area contributed by atoms with Crippen molar-refractivity contribution in [2.24, 2.45) is 5.92 Å². The van der Waals surface area contributed by atoms with Crippen LogP contribution in [0.25, 0.3) is 0 Å². The van der Waals surface area contributed by atoms with Crippen molar-refractivity contribution in [3.63, 3.8) is 0 Å². The van der Waals surface area contributed by atoms with Gasteiger partial charge in [-0.3, -0.25) is 0 Å². The van der Waals surface area contributed by atoms with E-state index in [0.717, 1.165) is 24.8 Å². The average molecular weight is 254 g/mol. The molecule has 0 radical (unpaired) electrons. The fourth-order valence-corrected chi connectivity index (χ4v) is 2.55. The monoisotopic (exact) mass is 253 g/mol. The van der Waals surface area contributed by atoms with Crippen LogP contribution < -0.4 is 5.32 Å². The molecule has 2 nitrogen and oxygen atoms in total. The van der Waals surface area contributed by atoms with Gasteiger partial charge in [-0.15, -0.1) is 0 Å². The second-order valence-electron chi connectivity index (χ2n) is 4.73. The third kappa shape index (κ3) is 3.70. The number of rotatable bonds is 4. The summed E-state index contributed by atoms with van der Waals surface area (Å²) in [7, 11) is 0. The van der Waals surface area contributed by atoms with Crippen molar-refractivity contribution >= 4 is 11.6 Å². The summed E-state index contributed by atoms with van der Waals surface area (Å²) >= 11 is 6.18. The first-order valence-electron chi connectivity index (χ1n) is 6.33. The van der Waals surface area contributed by atoms with Crippen molar-refractivity contribution in [1.29, 1.82) is 0 Å². The van der Waals surface area contributed by atoms with Gasteiger partial charge in [0.25, 0.3) is 0 Å². The third-order valence-corrected chi connectivity index (χ3v) is 3.68. The fourth-order valence-electron chi connectivity index (χ4n) is 2.25. The Kier molecular flexibility index (Phi) is 4.84. The summed E-state index contributed by atoms with van der Waals surface area (Å²) in [5, 5.41) is 4.39. The lowest BCUT2D eigenvalue weighted by molar-refractivity contribution is 0.0540. The van der Waals surface area contributed by atoms with Gasteiger partial charge in [0.2, 0.25) is 0 Å². The van der Waals surface area contributed by atoms with E-state index >= 15 is 0 Å². The Bertz CT molecular complexity index is 350. The summed E-state index contributed by atoms with van der Waals surface area (Å²) in [6.07, 6.45) is 2.45. The van der Waals surface area contributed by atoms with Crippen molar-refractivity contribution in [3.05, 3.63) is 34.9 Å². The highest BCUT2D eigenvalue weighted by atomic mass is 35.5. The minimum atomic E-state index is 0.297. The number of nitrogens with one attached hydrogen (secondary N) is 1. The SMILES string of the molecule is C[C@H](NCC1CCCOC1)c1ccccc1Cl. The molecule has 3 heteroatoms. The Labute approximate surface area is 108 Å². The van der Waals surface area contributed by atoms with Gasteiger partial charge in [-0.25, -0.2) is 0 Å². The molecule has 0 saturated carbocycles. The first-order valence-corrected chi connectivity index (χ1v) is 6.70. The van der Waals surface area contributed by atoms with Crippen LogP contribution in [0.15, 0.2) is 24.3 Å². The van der Waals surface area contributed by atoms with E-state index in [1.807, 2.05) is 18.2 Å². The molecule has 17 heavy (non-hydrogen) atoms. The lowest BCUT2D eigenvalue weighted by atomic mass is 10.0. The number of halogens is 1. The molecule has 1 aromatic carbocycles. The lowest BCUT2D eigenvalue weighted by Crippen LogP contribution is -2.30. The first kappa shape index (κ1) is 12.9. The molecule has 1 fully saturated rings. The van der Waals surface area contributed by atoms with Crippen LogP contribution in [-0.4, -0.2) is 19.8 Å². The van der Waals surface area contributed by atoms with Crippen LogP contribution in [0.5, 0.6) is 0 Å². The molecule has 94 valence electrons. The molecule has 1 aliphatic heterocycles. The van der Waals surface area contributed by atoms with Crippen LogP contribution in [-0.2, 0) is 4.74 Å². The summed E-state index contributed by atoms with van der Waals surface area (Å²) in [5.41, 5.74) is 1.17.